The highest BCUT2D eigenvalue weighted by Gasteiger charge is 2.43. The lowest BCUT2D eigenvalue weighted by atomic mass is 10.2. The van der Waals surface area contributed by atoms with Crippen molar-refractivity contribution in [2.24, 2.45) is 0 Å². The Kier molecular flexibility index (Phi) is 9.19. The zero-order valence-corrected chi connectivity index (χ0v) is 20.9. The normalized spacial score (nSPS) is 13.7. The number of hydrogen-bond acceptors (Lipinski definition) is 8. The standard InChI is InChI=1S/C22H19BrF6N4O5/c1-11(9-37-19(34)21(24,25)26)30-8-15(38-20(35)22(27,28)29)10-36-14-4-2-12(3-5-14)17-32-16-6-13(23)7-31-18(16)33-17/h2-7,11,15,30H,8-10H2,1H3,(H,31,32,33). The number of rotatable bonds is 10. The van der Waals surface area contributed by atoms with Gasteiger partial charge in [-0.3, -0.25) is 0 Å². The van der Waals surface area contributed by atoms with Crippen LogP contribution in [0, 0.1) is 0 Å². The Morgan fingerprint density at radius 3 is 2.34 bits per heavy atom. The number of esters is 2. The molecule has 2 N–H and O–H groups in total. The molecule has 16 heteroatoms. The van der Waals surface area contributed by atoms with Crippen LogP contribution in [0.4, 0.5) is 26.3 Å². The van der Waals surface area contributed by atoms with Crippen LogP contribution in [0.25, 0.3) is 22.6 Å². The van der Waals surface area contributed by atoms with E-state index in [0.29, 0.717) is 22.6 Å². The molecule has 0 saturated carbocycles. The molecule has 9 nitrogen and oxygen atoms in total. The maximum atomic E-state index is 12.7. The number of imidazole rings is 1. The van der Waals surface area contributed by atoms with Gasteiger partial charge in [-0.2, -0.15) is 26.3 Å². The smallest absolute Gasteiger partial charge is 0.490 e. The SMILES string of the molecule is CC(COC(=O)C(F)(F)F)NCC(COc1ccc(-c2nc3cc(Br)cnc3[nH]2)cc1)OC(=O)C(F)(F)F. The van der Waals surface area contributed by atoms with Crippen LogP contribution in [0.15, 0.2) is 41.0 Å². The van der Waals surface area contributed by atoms with Crippen molar-refractivity contribution < 1.29 is 50.1 Å². The first kappa shape index (κ1) is 29.2. The zero-order valence-electron chi connectivity index (χ0n) is 19.3. The number of pyridine rings is 1. The number of carbonyl (C=O) groups excluding carboxylic acids is 2. The van der Waals surface area contributed by atoms with Crippen molar-refractivity contribution in [3.05, 3.63) is 41.0 Å². The summed E-state index contributed by atoms with van der Waals surface area (Å²) in [6.07, 6.45) is -10.3. The van der Waals surface area contributed by atoms with E-state index >= 15 is 0 Å². The van der Waals surface area contributed by atoms with Gasteiger partial charge in [0.25, 0.3) is 0 Å². The van der Waals surface area contributed by atoms with Gasteiger partial charge in [-0.25, -0.2) is 19.6 Å². The third kappa shape index (κ3) is 8.31. The van der Waals surface area contributed by atoms with Gasteiger partial charge >= 0.3 is 24.3 Å². The van der Waals surface area contributed by atoms with Gasteiger partial charge in [-0.15, -0.1) is 0 Å². The number of nitrogens with zero attached hydrogens (tertiary/aromatic N) is 2. The minimum absolute atomic E-state index is 0.228. The van der Waals surface area contributed by atoms with E-state index in [2.05, 4.69) is 45.7 Å². The van der Waals surface area contributed by atoms with Crippen LogP contribution >= 0.6 is 15.9 Å². The molecule has 206 valence electrons. The first-order chi connectivity index (χ1) is 17.7. The average molecular weight is 613 g/mol. The van der Waals surface area contributed by atoms with Crippen LogP contribution < -0.4 is 10.1 Å². The van der Waals surface area contributed by atoms with Gasteiger partial charge < -0.3 is 24.5 Å². The molecule has 2 atom stereocenters. The molecule has 2 unspecified atom stereocenters. The van der Waals surface area contributed by atoms with Gasteiger partial charge in [-0.1, -0.05) is 0 Å². The van der Waals surface area contributed by atoms with E-state index in [4.69, 9.17) is 4.74 Å². The number of benzene rings is 1. The molecule has 1 aromatic carbocycles. The summed E-state index contributed by atoms with van der Waals surface area (Å²) in [5.41, 5.74) is 1.85. The number of hydrogen-bond donors (Lipinski definition) is 2. The van der Waals surface area contributed by atoms with Crippen LogP contribution in [0.5, 0.6) is 5.75 Å². The molecule has 0 aliphatic heterocycles. The van der Waals surface area contributed by atoms with E-state index in [1.54, 1.807) is 24.4 Å². The molecule has 38 heavy (non-hydrogen) atoms. The van der Waals surface area contributed by atoms with Crippen LogP contribution in [-0.4, -0.2) is 71.1 Å². The summed E-state index contributed by atoms with van der Waals surface area (Å²) in [4.78, 5) is 33.8. The number of alkyl halides is 6. The largest absolute Gasteiger partial charge is 0.490 e. The number of aromatic nitrogens is 3. The van der Waals surface area contributed by atoms with E-state index in [9.17, 15) is 35.9 Å². The summed E-state index contributed by atoms with van der Waals surface area (Å²) in [7, 11) is 0. The number of ether oxygens (including phenoxy) is 3. The van der Waals surface area contributed by atoms with Crippen LogP contribution in [0.3, 0.4) is 0 Å². The third-order valence-corrected chi connectivity index (χ3v) is 5.20. The second-order valence-corrected chi connectivity index (χ2v) is 8.79. The monoisotopic (exact) mass is 612 g/mol. The maximum Gasteiger partial charge on any atom is 0.490 e. The molecule has 0 aliphatic rings. The maximum absolute atomic E-state index is 12.7. The number of aromatic amines is 1. The fraction of sp³-hybridized carbons (Fsp3) is 0.364. The van der Waals surface area contributed by atoms with E-state index in [0.717, 1.165) is 4.47 Å². The van der Waals surface area contributed by atoms with Gasteiger partial charge in [0.1, 0.15) is 36.4 Å². The first-order valence-electron chi connectivity index (χ1n) is 10.7. The Bertz CT molecular complexity index is 1270. The Morgan fingerprint density at radius 1 is 1.05 bits per heavy atom. The fourth-order valence-electron chi connectivity index (χ4n) is 2.93. The quantitative estimate of drug-likeness (QED) is 0.257. The van der Waals surface area contributed by atoms with Gasteiger partial charge in [0.05, 0.1) is 0 Å². The summed E-state index contributed by atoms with van der Waals surface area (Å²) in [5, 5.41) is 2.54. The fourth-order valence-corrected chi connectivity index (χ4v) is 3.25. The minimum Gasteiger partial charge on any atom is -0.490 e. The van der Waals surface area contributed by atoms with Gasteiger partial charge in [0.15, 0.2) is 5.65 Å². The first-order valence-corrected chi connectivity index (χ1v) is 11.5. The molecule has 3 aromatic rings. The van der Waals surface area contributed by atoms with E-state index < -0.39 is 56.2 Å². The Balaban J connectivity index is 1.60. The van der Waals surface area contributed by atoms with Crippen LogP contribution in [-0.2, 0) is 19.1 Å². The Labute approximate surface area is 219 Å². The summed E-state index contributed by atoms with van der Waals surface area (Å²) in [6, 6.07) is 7.16. The number of fused-ring (bicyclic) bond motifs is 1. The Hall–Kier alpha value is -3.40. The Morgan fingerprint density at radius 2 is 1.71 bits per heavy atom. The lowest BCUT2D eigenvalue weighted by Gasteiger charge is -2.22. The van der Waals surface area contributed by atoms with E-state index in [1.165, 1.54) is 19.1 Å². The molecular formula is C22H19BrF6N4O5. The molecule has 0 aliphatic carbocycles. The lowest BCUT2D eigenvalue weighted by molar-refractivity contribution is -0.205. The van der Waals surface area contributed by atoms with Crippen molar-refractivity contribution in [2.75, 3.05) is 19.8 Å². The van der Waals surface area contributed by atoms with Crippen LogP contribution in [0.2, 0.25) is 0 Å². The second-order valence-electron chi connectivity index (χ2n) is 7.87. The highest BCUT2D eigenvalue weighted by molar-refractivity contribution is 9.10. The topological polar surface area (TPSA) is 115 Å². The number of halogens is 7. The summed E-state index contributed by atoms with van der Waals surface area (Å²) < 4.78 is 89.5. The molecule has 0 saturated heterocycles. The third-order valence-electron chi connectivity index (χ3n) is 4.76. The molecule has 2 heterocycles. The van der Waals surface area contributed by atoms with E-state index in [-0.39, 0.29) is 5.75 Å². The number of H-pyrrole nitrogens is 1. The zero-order chi connectivity index (χ0) is 28.1. The molecule has 2 aromatic heterocycles. The molecular weight excluding hydrogens is 594 g/mol. The summed E-state index contributed by atoms with van der Waals surface area (Å²) >= 11 is 3.31. The number of nitrogens with one attached hydrogen (secondary N) is 2. The summed E-state index contributed by atoms with van der Waals surface area (Å²) in [5.74, 6) is -4.14. The highest BCUT2D eigenvalue weighted by Crippen LogP contribution is 2.24. The number of carbonyl (C=O) groups is 2. The van der Waals surface area contributed by atoms with Crippen molar-refractivity contribution in [1.29, 1.82) is 0 Å². The second kappa shape index (κ2) is 12.0. The van der Waals surface area contributed by atoms with Crippen LogP contribution in [0.1, 0.15) is 6.92 Å². The molecule has 0 fully saturated rings. The van der Waals surface area contributed by atoms with Gasteiger partial charge in [0.2, 0.25) is 0 Å². The molecule has 3 rings (SSSR count). The average Bonchev–Trinajstić information content (AvgIpc) is 3.26. The lowest BCUT2D eigenvalue weighted by Crippen LogP contribution is -2.43. The molecule has 0 radical (unpaired) electrons. The molecule has 0 amide bonds. The van der Waals surface area contributed by atoms with Crippen molar-refractivity contribution in [2.45, 2.75) is 31.4 Å². The van der Waals surface area contributed by atoms with Crippen molar-refractivity contribution in [3.8, 4) is 17.1 Å². The molecule has 0 bridgehead atoms. The minimum atomic E-state index is -5.27. The predicted octanol–water partition coefficient (Wildman–Crippen LogP) is 4.32. The van der Waals surface area contributed by atoms with Crippen molar-refractivity contribution >= 4 is 39.0 Å². The summed E-state index contributed by atoms with van der Waals surface area (Å²) in [6.45, 7) is -0.370. The van der Waals surface area contributed by atoms with E-state index in [1.807, 2.05) is 0 Å². The predicted molar refractivity (Wildman–Crippen MR) is 123 cm³/mol. The van der Waals surface area contributed by atoms with Crippen molar-refractivity contribution in [3.63, 3.8) is 0 Å². The highest BCUT2D eigenvalue weighted by atomic mass is 79.9. The van der Waals surface area contributed by atoms with Crippen molar-refractivity contribution in [1.82, 2.24) is 20.3 Å². The van der Waals surface area contributed by atoms with Gasteiger partial charge in [0, 0.05) is 28.8 Å². The molecule has 0 spiro atoms. The van der Waals surface area contributed by atoms with Gasteiger partial charge in [-0.05, 0) is 53.2 Å².